The highest BCUT2D eigenvalue weighted by Crippen LogP contribution is 2.40. The van der Waals surface area contributed by atoms with Crippen LogP contribution in [0.15, 0.2) is 0 Å². The quantitative estimate of drug-likeness (QED) is 0.782. The number of carbonyl (C=O) groups is 1. The second kappa shape index (κ2) is 6.33. The number of nitrogens with one attached hydrogen (secondary N) is 1. The van der Waals surface area contributed by atoms with E-state index >= 15 is 0 Å². The van der Waals surface area contributed by atoms with E-state index in [1.807, 2.05) is 5.32 Å². The molecule has 4 nitrogen and oxygen atoms in total. The Morgan fingerprint density at radius 1 is 1.10 bits per heavy atom. The van der Waals surface area contributed by atoms with Crippen molar-refractivity contribution in [3.63, 3.8) is 0 Å². The molecule has 21 heavy (non-hydrogen) atoms. The minimum Gasteiger partial charge on any atom is -0.444 e. The maximum absolute atomic E-state index is 13.2. The molecule has 0 aliphatic carbocycles. The van der Waals surface area contributed by atoms with Gasteiger partial charge in [-0.2, -0.15) is 22.0 Å². The van der Waals surface area contributed by atoms with Crippen LogP contribution in [0.25, 0.3) is 0 Å². The predicted octanol–water partition coefficient (Wildman–Crippen LogP) is 3.09. The lowest BCUT2D eigenvalue weighted by Crippen LogP contribution is -2.59. The largest absolute Gasteiger partial charge is 0.456 e. The van der Waals surface area contributed by atoms with Crippen LogP contribution in [0.4, 0.5) is 26.7 Å². The molecule has 0 fully saturated rings. The molecular formula is C12H20F5NO3. The van der Waals surface area contributed by atoms with Gasteiger partial charge in [0.25, 0.3) is 0 Å². The van der Waals surface area contributed by atoms with E-state index in [0.29, 0.717) is 0 Å². The molecule has 0 aromatic rings. The van der Waals surface area contributed by atoms with Crippen molar-refractivity contribution in [3.05, 3.63) is 0 Å². The number of alkyl halides is 5. The van der Waals surface area contributed by atoms with Gasteiger partial charge >= 0.3 is 18.2 Å². The second-order valence-electron chi connectivity index (χ2n) is 5.98. The Bertz CT molecular complexity index is 363. The van der Waals surface area contributed by atoms with Crippen molar-refractivity contribution in [3.8, 4) is 0 Å². The number of hydrogen-bond acceptors (Lipinski definition) is 3. The summed E-state index contributed by atoms with van der Waals surface area (Å²) < 4.78 is 67.9. The summed E-state index contributed by atoms with van der Waals surface area (Å²) in [6, 6.07) is -1.82. The molecule has 0 radical (unpaired) electrons. The number of hydrogen-bond donors (Lipinski definition) is 2. The molecule has 2 atom stereocenters. The number of aliphatic hydroxyl groups is 1. The van der Waals surface area contributed by atoms with E-state index in [1.165, 1.54) is 34.6 Å². The van der Waals surface area contributed by atoms with E-state index in [1.54, 1.807) is 0 Å². The number of amides is 1. The van der Waals surface area contributed by atoms with Crippen molar-refractivity contribution in [2.24, 2.45) is 5.92 Å². The molecule has 0 aliphatic rings. The van der Waals surface area contributed by atoms with Crippen molar-refractivity contribution in [2.45, 2.75) is 64.5 Å². The molecule has 2 N–H and O–H groups in total. The molecule has 0 aromatic heterocycles. The normalized spacial score (nSPS) is 16.6. The van der Waals surface area contributed by atoms with Crippen LogP contribution < -0.4 is 5.32 Å². The van der Waals surface area contributed by atoms with Gasteiger partial charge in [-0.3, -0.25) is 0 Å². The Labute approximate surface area is 119 Å². The Balaban J connectivity index is 5.13. The fourth-order valence-electron chi connectivity index (χ4n) is 1.45. The van der Waals surface area contributed by atoms with Crippen LogP contribution >= 0.6 is 0 Å². The number of ether oxygens (including phenoxy) is 1. The van der Waals surface area contributed by atoms with Gasteiger partial charge in [0.15, 0.2) is 0 Å². The minimum absolute atomic E-state index is 0.874. The number of alkyl carbamates (subject to hydrolysis) is 1. The molecule has 0 heterocycles. The molecule has 126 valence electrons. The van der Waals surface area contributed by atoms with Crippen LogP contribution in [-0.4, -0.2) is 41.0 Å². The molecule has 1 amide bonds. The molecule has 0 rings (SSSR count). The number of halogens is 5. The van der Waals surface area contributed by atoms with Crippen molar-refractivity contribution in [2.75, 3.05) is 0 Å². The van der Waals surface area contributed by atoms with Gasteiger partial charge in [0, 0.05) is 0 Å². The van der Waals surface area contributed by atoms with Crippen molar-refractivity contribution < 1.29 is 36.6 Å². The summed E-state index contributed by atoms with van der Waals surface area (Å²) in [5, 5.41) is 11.2. The van der Waals surface area contributed by atoms with Crippen LogP contribution in [0.1, 0.15) is 34.6 Å². The molecule has 0 saturated heterocycles. The smallest absolute Gasteiger partial charge is 0.444 e. The molecule has 9 heteroatoms. The van der Waals surface area contributed by atoms with Crippen LogP contribution in [0.3, 0.4) is 0 Å². The maximum Gasteiger partial charge on any atom is 0.456 e. The summed E-state index contributed by atoms with van der Waals surface area (Å²) in [7, 11) is 0. The van der Waals surface area contributed by atoms with E-state index in [0.717, 1.165) is 0 Å². The molecule has 2 unspecified atom stereocenters. The minimum atomic E-state index is -5.92. The molecule has 0 saturated carbocycles. The van der Waals surface area contributed by atoms with Gasteiger partial charge in [-0.15, -0.1) is 0 Å². The summed E-state index contributed by atoms with van der Waals surface area (Å²) in [4.78, 5) is 11.5. The third kappa shape index (κ3) is 5.64. The van der Waals surface area contributed by atoms with E-state index in [9.17, 15) is 31.9 Å². The van der Waals surface area contributed by atoms with Gasteiger partial charge in [0.1, 0.15) is 11.7 Å². The van der Waals surface area contributed by atoms with Crippen LogP contribution in [0, 0.1) is 5.92 Å². The van der Waals surface area contributed by atoms with E-state index < -0.39 is 41.9 Å². The summed E-state index contributed by atoms with van der Waals surface area (Å²) in [5.41, 5.74) is -0.955. The van der Waals surface area contributed by atoms with E-state index in [4.69, 9.17) is 4.74 Å². The van der Waals surface area contributed by atoms with Crippen LogP contribution in [0.2, 0.25) is 0 Å². The summed E-state index contributed by atoms with van der Waals surface area (Å²) in [6.07, 6.45) is -10.2. The zero-order valence-electron chi connectivity index (χ0n) is 12.4. The third-order valence-electron chi connectivity index (χ3n) is 2.49. The van der Waals surface area contributed by atoms with Crippen LogP contribution in [0.5, 0.6) is 0 Å². The van der Waals surface area contributed by atoms with Crippen LogP contribution in [-0.2, 0) is 4.74 Å². The number of carbonyl (C=O) groups excluding carboxylic acids is 1. The predicted molar refractivity (Wildman–Crippen MR) is 65.0 cm³/mol. The Morgan fingerprint density at radius 3 is 1.81 bits per heavy atom. The van der Waals surface area contributed by atoms with Gasteiger partial charge < -0.3 is 15.2 Å². The second-order valence-corrected chi connectivity index (χ2v) is 5.98. The summed E-state index contributed by atoms with van der Waals surface area (Å²) in [6.45, 7) is 7.07. The Hall–Kier alpha value is -1.12. The maximum atomic E-state index is 13.2. The summed E-state index contributed by atoms with van der Waals surface area (Å²) >= 11 is 0. The van der Waals surface area contributed by atoms with Crippen molar-refractivity contribution >= 4 is 6.09 Å². The molecule has 0 aromatic carbocycles. The topological polar surface area (TPSA) is 58.6 Å². The zero-order chi connectivity index (χ0) is 17.2. The SMILES string of the molecule is CC(C)C(NC(=O)OC(C)(C)C)C(O)C(F)(F)C(F)(F)F. The van der Waals surface area contributed by atoms with Gasteiger partial charge in [-0.25, -0.2) is 4.79 Å². The average molecular weight is 321 g/mol. The van der Waals surface area contributed by atoms with Crippen molar-refractivity contribution in [1.29, 1.82) is 0 Å². The number of aliphatic hydroxyl groups excluding tert-OH is 1. The fourth-order valence-corrected chi connectivity index (χ4v) is 1.45. The first-order chi connectivity index (χ1) is 9.09. The van der Waals surface area contributed by atoms with Crippen molar-refractivity contribution in [1.82, 2.24) is 5.32 Å². The monoisotopic (exact) mass is 321 g/mol. The Kier molecular flexibility index (Phi) is 5.99. The standard InChI is InChI=1S/C12H20F5NO3/c1-6(2)7(18-9(20)21-10(3,4)5)8(19)11(13,14)12(15,16)17/h6-8,19H,1-5H3,(H,18,20). The summed E-state index contributed by atoms with van der Waals surface area (Å²) in [5.74, 6) is -6.22. The third-order valence-corrected chi connectivity index (χ3v) is 2.49. The molecule has 0 aliphatic heterocycles. The Morgan fingerprint density at radius 2 is 1.52 bits per heavy atom. The van der Waals surface area contributed by atoms with E-state index in [2.05, 4.69) is 0 Å². The zero-order valence-corrected chi connectivity index (χ0v) is 12.4. The molecule has 0 spiro atoms. The lowest BCUT2D eigenvalue weighted by atomic mass is 9.94. The van der Waals surface area contributed by atoms with Gasteiger partial charge in [0.05, 0.1) is 6.04 Å². The lowest BCUT2D eigenvalue weighted by Gasteiger charge is -2.33. The van der Waals surface area contributed by atoms with Gasteiger partial charge in [0.2, 0.25) is 0 Å². The lowest BCUT2D eigenvalue weighted by molar-refractivity contribution is -0.317. The van der Waals surface area contributed by atoms with E-state index in [-0.39, 0.29) is 0 Å². The van der Waals surface area contributed by atoms with Gasteiger partial charge in [-0.1, -0.05) is 13.8 Å². The van der Waals surface area contributed by atoms with Gasteiger partial charge in [-0.05, 0) is 26.7 Å². The highest BCUT2D eigenvalue weighted by molar-refractivity contribution is 5.68. The fraction of sp³-hybridized carbons (Fsp3) is 0.917. The first kappa shape index (κ1) is 19.9. The highest BCUT2D eigenvalue weighted by Gasteiger charge is 2.64. The highest BCUT2D eigenvalue weighted by atomic mass is 19.4. The average Bonchev–Trinajstić information content (AvgIpc) is 2.20. The first-order valence-electron chi connectivity index (χ1n) is 6.21. The molecular weight excluding hydrogens is 301 g/mol. The first-order valence-corrected chi connectivity index (χ1v) is 6.21. The number of rotatable bonds is 4. The molecule has 0 bridgehead atoms.